The van der Waals surface area contributed by atoms with E-state index in [1.807, 2.05) is 60.7 Å². The first kappa shape index (κ1) is 14.6. The van der Waals surface area contributed by atoms with Crippen LogP contribution in [0.3, 0.4) is 0 Å². The number of ether oxygens (including phenoxy) is 1. The average Bonchev–Trinajstić information content (AvgIpc) is 3.11. The highest BCUT2D eigenvalue weighted by Crippen LogP contribution is 2.22. The summed E-state index contributed by atoms with van der Waals surface area (Å²) in [7, 11) is 0. The number of hydrogen-bond acceptors (Lipinski definition) is 3. The van der Waals surface area contributed by atoms with Crippen LogP contribution in [-0.4, -0.2) is 10.9 Å². The number of carbonyl (C=O) groups is 1. The summed E-state index contributed by atoms with van der Waals surface area (Å²) in [4.78, 5) is 16.7. The quantitative estimate of drug-likeness (QED) is 0.793. The highest BCUT2D eigenvalue weighted by atomic mass is 16.5. The molecule has 0 atom stereocenters. The molecule has 0 saturated heterocycles. The normalized spacial score (nSPS) is 12.7. The molecular formula is C20H16N2O2. The van der Waals surface area contributed by atoms with E-state index in [1.165, 1.54) is 0 Å². The van der Waals surface area contributed by atoms with E-state index in [0.717, 1.165) is 22.3 Å². The van der Waals surface area contributed by atoms with E-state index in [9.17, 15) is 4.79 Å². The molecule has 2 heterocycles. The van der Waals surface area contributed by atoms with Gasteiger partial charge in [0.1, 0.15) is 5.82 Å². The molecule has 0 bridgehead atoms. The van der Waals surface area contributed by atoms with Crippen LogP contribution in [0.2, 0.25) is 0 Å². The molecule has 118 valence electrons. The Labute approximate surface area is 140 Å². The lowest BCUT2D eigenvalue weighted by Crippen LogP contribution is -2.13. The summed E-state index contributed by atoms with van der Waals surface area (Å²) in [6.45, 7) is 1.19. The zero-order valence-electron chi connectivity index (χ0n) is 13.0. The maximum Gasteiger partial charge on any atom is 0.256 e. The number of hydrogen-bond donors (Lipinski definition) is 1. The summed E-state index contributed by atoms with van der Waals surface area (Å²) < 4.78 is 5.38. The molecule has 1 amide bonds. The molecule has 0 aliphatic carbocycles. The van der Waals surface area contributed by atoms with Gasteiger partial charge in [0.15, 0.2) is 0 Å². The van der Waals surface area contributed by atoms with Crippen LogP contribution in [-0.2, 0) is 18.0 Å². The van der Waals surface area contributed by atoms with Crippen LogP contribution in [0.15, 0.2) is 66.9 Å². The predicted octanol–water partition coefficient (Wildman–Crippen LogP) is 4.03. The summed E-state index contributed by atoms with van der Waals surface area (Å²) in [5, 5.41) is 2.84. The lowest BCUT2D eigenvalue weighted by molar-refractivity contribution is 0.102. The predicted molar refractivity (Wildman–Crippen MR) is 92.6 cm³/mol. The summed E-state index contributed by atoms with van der Waals surface area (Å²) in [6, 6.07) is 19.4. The SMILES string of the molecule is O=C(Nc1ccc(-c2ccccc2)cn1)c1ccc2c(c1)COC2. The van der Waals surface area contributed by atoms with Crippen molar-refractivity contribution in [3.63, 3.8) is 0 Å². The second kappa shape index (κ2) is 6.26. The van der Waals surface area contributed by atoms with E-state index in [4.69, 9.17) is 4.74 Å². The first-order valence-corrected chi connectivity index (χ1v) is 7.82. The lowest BCUT2D eigenvalue weighted by atomic mass is 10.1. The molecule has 4 heteroatoms. The van der Waals surface area contributed by atoms with Crippen molar-refractivity contribution in [2.24, 2.45) is 0 Å². The molecule has 1 aromatic heterocycles. The number of nitrogens with one attached hydrogen (secondary N) is 1. The van der Waals surface area contributed by atoms with Crippen molar-refractivity contribution >= 4 is 11.7 Å². The molecule has 24 heavy (non-hydrogen) atoms. The van der Waals surface area contributed by atoms with Gasteiger partial charge in [0, 0.05) is 17.3 Å². The van der Waals surface area contributed by atoms with E-state index < -0.39 is 0 Å². The number of anilines is 1. The first-order chi connectivity index (χ1) is 11.8. The van der Waals surface area contributed by atoms with Gasteiger partial charge in [-0.25, -0.2) is 4.98 Å². The fourth-order valence-corrected chi connectivity index (χ4v) is 2.77. The Balaban J connectivity index is 1.50. The van der Waals surface area contributed by atoms with Gasteiger partial charge in [0.2, 0.25) is 0 Å². The standard InChI is InChI=1S/C20H16N2O2/c23-20(15-6-7-17-12-24-13-18(17)10-15)22-19-9-8-16(11-21-19)14-4-2-1-3-5-14/h1-11H,12-13H2,(H,21,22,23). The maximum atomic E-state index is 12.4. The van der Waals surface area contributed by atoms with Crippen molar-refractivity contribution in [1.29, 1.82) is 0 Å². The Hall–Kier alpha value is -2.98. The Morgan fingerprint density at radius 1 is 0.917 bits per heavy atom. The van der Waals surface area contributed by atoms with Gasteiger partial charge in [0.05, 0.1) is 13.2 Å². The largest absolute Gasteiger partial charge is 0.372 e. The molecule has 0 radical (unpaired) electrons. The second-order valence-electron chi connectivity index (χ2n) is 5.73. The lowest BCUT2D eigenvalue weighted by Gasteiger charge is -2.07. The topological polar surface area (TPSA) is 51.2 Å². The van der Waals surface area contributed by atoms with Crippen LogP contribution in [0.5, 0.6) is 0 Å². The third kappa shape index (κ3) is 2.92. The molecule has 1 aliphatic heterocycles. The average molecular weight is 316 g/mol. The van der Waals surface area contributed by atoms with Crippen molar-refractivity contribution in [2.45, 2.75) is 13.2 Å². The van der Waals surface area contributed by atoms with Gasteiger partial charge >= 0.3 is 0 Å². The van der Waals surface area contributed by atoms with Crippen LogP contribution >= 0.6 is 0 Å². The second-order valence-corrected chi connectivity index (χ2v) is 5.73. The van der Waals surface area contributed by atoms with Crippen molar-refractivity contribution in [2.75, 3.05) is 5.32 Å². The number of rotatable bonds is 3. The minimum atomic E-state index is -0.162. The number of pyridine rings is 1. The Morgan fingerprint density at radius 2 is 1.75 bits per heavy atom. The summed E-state index contributed by atoms with van der Waals surface area (Å²) in [5.74, 6) is 0.376. The number of fused-ring (bicyclic) bond motifs is 1. The van der Waals surface area contributed by atoms with Gasteiger partial charge in [-0.1, -0.05) is 36.4 Å². The van der Waals surface area contributed by atoms with E-state index in [2.05, 4.69) is 10.3 Å². The van der Waals surface area contributed by atoms with Crippen LogP contribution in [0.4, 0.5) is 5.82 Å². The number of carbonyl (C=O) groups excluding carboxylic acids is 1. The van der Waals surface area contributed by atoms with Gasteiger partial charge < -0.3 is 10.1 Å². The Kier molecular flexibility index (Phi) is 3.81. The Bertz CT molecular complexity index is 874. The number of nitrogens with zero attached hydrogens (tertiary/aromatic N) is 1. The molecule has 0 saturated carbocycles. The van der Waals surface area contributed by atoms with Crippen LogP contribution in [0.25, 0.3) is 11.1 Å². The Morgan fingerprint density at radius 3 is 2.54 bits per heavy atom. The third-order valence-corrected chi connectivity index (χ3v) is 4.10. The minimum absolute atomic E-state index is 0.162. The van der Waals surface area contributed by atoms with Gasteiger partial charge in [-0.2, -0.15) is 0 Å². The molecule has 0 spiro atoms. The van der Waals surface area contributed by atoms with Crippen molar-refractivity contribution in [3.8, 4) is 11.1 Å². The first-order valence-electron chi connectivity index (χ1n) is 7.82. The fourth-order valence-electron chi connectivity index (χ4n) is 2.77. The molecule has 1 aliphatic rings. The zero-order valence-corrected chi connectivity index (χ0v) is 13.0. The summed E-state index contributed by atoms with van der Waals surface area (Å²) in [5.41, 5.74) is 4.96. The molecule has 4 rings (SSSR count). The highest BCUT2D eigenvalue weighted by molar-refractivity contribution is 6.04. The van der Waals surface area contributed by atoms with E-state index >= 15 is 0 Å². The number of aromatic nitrogens is 1. The summed E-state index contributed by atoms with van der Waals surface area (Å²) >= 11 is 0. The highest BCUT2D eigenvalue weighted by Gasteiger charge is 2.14. The molecule has 3 aromatic rings. The van der Waals surface area contributed by atoms with Gasteiger partial charge in [0.25, 0.3) is 5.91 Å². The van der Waals surface area contributed by atoms with Crippen molar-refractivity contribution in [3.05, 3.63) is 83.6 Å². The van der Waals surface area contributed by atoms with Gasteiger partial charge in [-0.3, -0.25) is 4.79 Å². The molecule has 1 N–H and O–H groups in total. The van der Waals surface area contributed by atoms with Crippen molar-refractivity contribution in [1.82, 2.24) is 4.98 Å². The molecule has 0 unspecified atom stereocenters. The molecular weight excluding hydrogens is 300 g/mol. The van der Waals surface area contributed by atoms with E-state index in [1.54, 1.807) is 6.20 Å². The third-order valence-electron chi connectivity index (χ3n) is 4.10. The van der Waals surface area contributed by atoms with Gasteiger partial charge in [-0.05, 0) is 41.0 Å². The van der Waals surface area contributed by atoms with E-state index in [0.29, 0.717) is 24.6 Å². The number of benzene rings is 2. The fraction of sp³-hybridized carbons (Fsp3) is 0.100. The summed E-state index contributed by atoms with van der Waals surface area (Å²) in [6.07, 6.45) is 1.77. The van der Waals surface area contributed by atoms with Crippen LogP contribution < -0.4 is 5.32 Å². The monoisotopic (exact) mass is 316 g/mol. The minimum Gasteiger partial charge on any atom is -0.372 e. The molecule has 2 aromatic carbocycles. The zero-order chi connectivity index (χ0) is 16.4. The maximum absolute atomic E-state index is 12.4. The van der Waals surface area contributed by atoms with E-state index in [-0.39, 0.29) is 5.91 Å². The van der Waals surface area contributed by atoms with Crippen LogP contribution in [0, 0.1) is 0 Å². The smallest absolute Gasteiger partial charge is 0.256 e. The van der Waals surface area contributed by atoms with Gasteiger partial charge in [-0.15, -0.1) is 0 Å². The molecule has 4 nitrogen and oxygen atoms in total. The molecule has 0 fully saturated rings. The van der Waals surface area contributed by atoms with Crippen LogP contribution in [0.1, 0.15) is 21.5 Å². The van der Waals surface area contributed by atoms with Crippen molar-refractivity contribution < 1.29 is 9.53 Å². The number of amides is 1.